The highest BCUT2D eigenvalue weighted by Gasteiger charge is 2.30. The first kappa shape index (κ1) is 26.3. The minimum Gasteiger partial charge on any atom is -0.395 e. The summed E-state index contributed by atoms with van der Waals surface area (Å²) >= 11 is 6.06. The highest BCUT2D eigenvalue weighted by Crippen LogP contribution is 2.31. The maximum absolute atomic E-state index is 15.3. The van der Waals surface area contributed by atoms with Crippen molar-refractivity contribution in [1.29, 1.82) is 0 Å². The number of aromatic nitrogens is 2. The predicted octanol–water partition coefficient (Wildman–Crippen LogP) is 1.26. The zero-order valence-corrected chi connectivity index (χ0v) is 20.0. The van der Waals surface area contributed by atoms with Crippen LogP contribution in [0.5, 0.6) is 0 Å². The molecule has 2 fully saturated rings. The lowest BCUT2D eigenvalue weighted by atomic mass is 9.92. The van der Waals surface area contributed by atoms with Gasteiger partial charge in [-0.2, -0.15) is 14.4 Å². The number of hydrazine groups is 1. The number of aliphatic hydroxyl groups excluding tert-OH is 1. The molecule has 3 rings (SSSR count). The van der Waals surface area contributed by atoms with E-state index in [0.717, 1.165) is 25.7 Å². The Balaban J connectivity index is 1.69. The maximum atomic E-state index is 15.3. The number of halogens is 2. The Kier molecular flexibility index (Phi) is 9.63. The first-order valence-corrected chi connectivity index (χ1v) is 12.0. The van der Waals surface area contributed by atoms with Crippen LogP contribution in [0.4, 0.5) is 16.0 Å². The van der Waals surface area contributed by atoms with Crippen LogP contribution in [0, 0.1) is 17.7 Å². The van der Waals surface area contributed by atoms with E-state index in [-0.39, 0.29) is 42.5 Å². The van der Waals surface area contributed by atoms with Crippen LogP contribution < -0.4 is 15.8 Å². The van der Waals surface area contributed by atoms with E-state index in [1.165, 1.54) is 0 Å². The standard InChI is InChI=1S/C21H33ClFN7O4/c1-14-11-28(8-9-31)6-7-30(14)19-17(23)18(24-21(22)25-19)26-27-20(33)16(12-29(34)13-32)10-15-4-2-3-5-15/h13-16,31,34H,2-12H2,1H3,(H,27,33)(H,24,25,26)/t14-,16?/m1/s1. The van der Waals surface area contributed by atoms with E-state index in [1.807, 2.05) is 6.92 Å². The van der Waals surface area contributed by atoms with Crippen LogP contribution in [-0.4, -0.2) is 87.9 Å². The summed E-state index contributed by atoms with van der Waals surface area (Å²) < 4.78 is 15.3. The van der Waals surface area contributed by atoms with E-state index < -0.39 is 17.6 Å². The number of anilines is 2. The van der Waals surface area contributed by atoms with Crippen LogP contribution >= 0.6 is 11.6 Å². The number of hydrogen-bond donors (Lipinski definition) is 4. The largest absolute Gasteiger partial charge is 0.395 e. The molecule has 0 spiro atoms. The van der Waals surface area contributed by atoms with Gasteiger partial charge in [-0.25, -0.2) is 5.06 Å². The number of hydroxylamine groups is 2. The molecule has 11 nitrogen and oxygen atoms in total. The smallest absolute Gasteiger partial charge is 0.243 e. The zero-order chi connectivity index (χ0) is 24.7. The molecule has 4 N–H and O–H groups in total. The second-order valence-corrected chi connectivity index (χ2v) is 9.31. The van der Waals surface area contributed by atoms with E-state index in [0.29, 0.717) is 43.6 Å². The molecule has 2 amide bonds. The molecule has 1 aromatic rings. The van der Waals surface area contributed by atoms with Gasteiger partial charge in [-0.3, -0.25) is 30.5 Å². The normalized spacial score (nSPS) is 20.3. The van der Waals surface area contributed by atoms with Crippen molar-refractivity contribution in [2.75, 3.05) is 49.7 Å². The van der Waals surface area contributed by atoms with Crippen molar-refractivity contribution in [2.45, 2.75) is 45.1 Å². The summed E-state index contributed by atoms with van der Waals surface area (Å²) in [5.41, 5.74) is 4.95. The monoisotopic (exact) mass is 501 g/mol. The van der Waals surface area contributed by atoms with Crippen molar-refractivity contribution in [3.63, 3.8) is 0 Å². The molecule has 190 valence electrons. The maximum Gasteiger partial charge on any atom is 0.243 e. The average Bonchev–Trinajstić information content (AvgIpc) is 3.32. The fourth-order valence-corrected chi connectivity index (χ4v) is 4.94. The van der Waals surface area contributed by atoms with Crippen LogP contribution in [0.2, 0.25) is 5.28 Å². The highest BCUT2D eigenvalue weighted by molar-refractivity contribution is 6.28. The number of piperazine rings is 1. The summed E-state index contributed by atoms with van der Waals surface area (Å²) in [7, 11) is 0. The lowest BCUT2D eigenvalue weighted by Gasteiger charge is -2.40. The quantitative estimate of drug-likeness (QED) is 0.153. The molecule has 1 saturated heterocycles. The lowest BCUT2D eigenvalue weighted by molar-refractivity contribution is -0.154. The predicted molar refractivity (Wildman–Crippen MR) is 124 cm³/mol. The molecular formula is C21H33ClFN7O4. The van der Waals surface area contributed by atoms with E-state index in [9.17, 15) is 14.8 Å². The van der Waals surface area contributed by atoms with Crippen molar-refractivity contribution in [3.8, 4) is 0 Å². The van der Waals surface area contributed by atoms with Gasteiger partial charge in [0.2, 0.25) is 23.4 Å². The van der Waals surface area contributed by atoms with E-state index in [1.54, 1.807) is 4.90 Å². The Morgan fingerprint density at radius 1 is 1.35 bits per heavy atom. The van der Waals surface area contributed by atoms with Gasteiger partial charge in [0.1, 0.15) is 0 Å². The lowest BCUT2D eigenvalue weighted by Crippen LogP contribution is -2.53. The van der Waals surface area contributed by atoms with Crippen molar-refractivity contribution in [3.05, 3.63) is 11.1 Å². The molecule has 1 saturated carbocycles. The molecule has 1 aromatic heterocycles. The van der Waals surface area contributed by atoms with Crippen LogP contribution in [0.1, 0.15) is 39.0 Å². The van der Waals surface area contributed by atoms with Gasteiger partial charge in [0.05, 0.1) is 19.1 Å². The first-order valence-electron chi connectivity index (χ1n) is 11.6. The number of nitrogens with one attached hydrogen (secondary N) is 2. The second kappa shape index (κ2) is 12.4. The Bertz CT molecular complexity index is 846. The summed E-state index contributed by atoms with van der Waals surface area (Å²) in [6.07, 6.45) is 4.92. The Labute approximate surface area is 203 Å². The number of carbonyl (C=O) groups is 2. The fraction of sp³-hybridized carbons (Fsp3) is 0.714. The van der Waals surface area contributed by atoms with E-state index in [4.69, 9.17) is 16.7 Å². The number of β-amino-alcohol motifs (C(OH)–C–C–N with tert-alkyl or cyclic N) is 1. The van der Waals surface area contributed by atoms with Crippen LogP contribution in [0.3, 0.4) is 0 Å². The molecule has 2 aliphatic rings. The molecular weight excluding hydrogens is 469 g/mol. The molecule has 1 aliphatic carbocycles. The number of rotatable bonds is 11. The van der Waals surface area contributed by atoms with E-state index >= 15 is 4.39 Å². The molecule has 2 heterocycles. The minimum atomic E-state index is -0.754. The van der Waals surface area contributed by atoms with Gasteiger partial charge in [-0.05, 0) is 30.9 Å². The number of hydrogen-bond acceptors (Lipinski definition) is 9. The average molecular weight is 502 g/mol. The Morgan fingerprint density at radius 3 is 2.74 bits per heavy atom. The third-order valence-electron chi connectivity index (χ3n) is 6.50. The molecule has 0 bridgehead atoms. The fourth-order valence-electron chi connectivity index (χ4n) is 4.78. The summed E-state index contributed by atoms with van der Waals surface area (Å²) in [6, 6.07) is -0.0853. The van der Waals surface area contributed by atoms with Gasteiger partial charge in [-0.1, -0.05) is 25.7 Å². The zero-order valence-electron chi connectivity index (χ0n) is 19.3. The molecule has 1 aliphatic heterocycles. The van der Waals surface area contributed by atoms with Gasteiger partial charge in [0.25, 0.3) is 0 Å². The third-order valence-corrected chi connectivity index (χ3v) is 6.67. The molecule has 2 atom stereocenters. The van der Waals surface area contributed by atoms with Crippen LogP contribution in [0.15, 0.2) is 0 Å². The molecule has 13 heteroatoms. The van der Waals surface area contributed by atoms with E-state index in [2.05, 4.69) is 25.7 Å². The molecule has 0 radical (unpaired) electrons. The summed E-state index contributed by atoms with van der Waals surface area (Å²) in [4.78, 5) is 35.5. The van der Waals surface area contributed by atoms with Crippen molar-refractivity contribution in [2.24, 2.45) is 11.8 Å². The molecule has 0 aromatic carbocycles. The summed E-state index contributed by atoms with van der Waals surface area (Å²) in [6.45, 7) is 4.09. The van der Waals surface area contributed by atoms with Crippen LogP contribution in [-0.2, 0) is 9.59 Å². The number of amides is 2. The van der Waals surface area contributed by atoms with Gasteiger partial charge in [0.15, 0.2) is 11.6 Å². The van der Waals surface area contributed by atoms with Crippen molar-refractivity contribution < 1.29 is 24.3 Å². The first-order chi connectivity index (χ1) is 16.3. The highest BCUT2D eigenvalue weighted by atomic mass is 35.5. The van der Waals surface area contributed by atoms with Gasteiger partial charge in [0, 0.05) is 32.2 Å². The second-order valence-electron chi connectivity index (χ2n) is 8.97. The minimum absolute atomic E-state index is 0.0258. The Morgan fingerprint density at radius 2 is 2.09 bits per heavy atom. The molecule has 34 heavy (non-hydrogen) atoms. The van der Waals surface area contributed by atoms with Crippen LogP contribution in [0.25, 0.3) is 0 Å². The van der Waals surface area contributed by atoms with Gasteiger partial charge < -0.3 is 10.0 Å². The van der Waals surface area contributed by atoms with Crippen molar-refractivity contribution in [1.82, 2.24) is 25.4 Å². The topological polar surface area (TPSA) is 134 Å². The summed E-state index contributed by atoms with van der Waals surface area (Å²) in [5, 5.41) is 19.0. The summed E-state index contributed by atoms with van der Waals surface area (Å²) in [5.74, 6) is -1.84. The Hall–Kier alpha value is -2.28. The SMILES string of the molecule is C[C@@H]1CN(CCO)CCN1c1nc(Cl)nc(NNC(=O)C(CC2CCCC2)CN(O)C=O)c1F. The number of nitrogens with zero attached hydrogens (tertiary/aromatic N) is 5. The van der Waals surface area contributed by atoms with Gasteiger partial charge in [-0.15, -0.1) is 0 Å². The number of aliphatic hydroxyl groups is 1. The molecule has 1 unspecified atom stereocenters. The van der Waals surface area contributed by atoms with Crippen molar-refractivity contribution >= 4 is 35.6 Å². The third kappa shape index (κ3) is 6.87. The number of carbonyl (C=O) groups excluding carboxylic acids is 2. The van der Waals surface area contributed by atoms with Gasteiger partial charge >= 0.3 is 0 Å².